The molecule has 2 aromatic carbocycles. The van der Waals surface area contributed by atoms with Crippen LogP contribution in [-0.2, 0) is 0 Å². The Morgan fingerprint density at radius 1 is 0.773 bits per heavy atom. The van der Waals surface area contributed by atoms with Gasteiger partial charge >= 0.3 is 0 Å². The van der Waals surface area contributed by atoms with Crippen LogP contribution in [0.25, 0.3) is 0 Å². The van der Waals surface area contributed by atoms with Gasteiger partial charge in [-0.2, -0.15) is 0 Å². The first-order valence-electron chi connectivity index (χ1n) is 8.38. The molecule has 2 bridgehead atoms. The van der Waals surface area contributed by atoms with Crippen LogP contribution in [0.15, 0.2) is 60.7 Å². The minimum atomic E-state index is -0.110. The van der Waals surface area contributed by atoms with Crippen molar-refractivity contribution in [2.45, 2.75) is 49.9 Å². The number of nitrogens with zero attached hydrogens (tertiary/aromatic N) is 1. The molecule has 2 heteroatoms. The maximum atomic E-state index is 10.1. The smallest absolute Gasteiger partial charge is 0.0606 e. The van der Waals surface area contributed by atoms with Crippen molar-refractivity contribution in [3.05, 3.63) is 71.8 Å². The van der Waals surface area contributed by atoms with Gasteiger partial charge in [0.15, 0.2) is 0 Å². The molecule has 2 saturated heterocycles. The van der Waals surface area contributed by atoms with Gasteiger partial charge in [0, 0.05) is 12.1 Å². The summed E-state index contributed by atoms with van der Waals surface area (Å²) in [6, 6.07) is 23.0. The molecule has 2 fully saturated rings. The summed E-state index contributed by atoms with van der Waals surface area (Å²) in [5, 5.41) is 10.1. The van der Waals surface area contributed by atoms with E-state index in [0.717, 1.165) is 12.8 Å². The molecule has 0 saturated carbocycles. The Labute approximate surface area is 132 Å². The van der Waals surface area contributed by atoms with Crippen LogP contribution in [0.5, 0.6) is 0 Å². The molecule has 4 rings (SSSR count). The summed E-state index contributed by atoms with van der Waals surface area (Å²) in [5.74, 6) is 0. The first-order chi connectivity index (χ1) is 10.8. The molecule has 2 aliphatic rings. The second kappa shape index (κ2) is 5.86. The number of fused-ring (bicyclic) bond motifs is 2. The first kappa shape index (κ1) is 14.0. The summed E-state index contributed by atoms with van der Waals surface area (Å²) in [5.41, 5.74) is 2.73. The quantitative estimate of drug-likeness (QED) is 0.931. The van der Waals surface area contributed by atoms with Crippen LogP contribution in [0, 0.1) is 0 Å². The van der Waals surface area contributed by atoms with E-state index in [-0.39, 0.29) is 6.10 Å². The van der Waals surface area contributed by atoms with Gasteiger partial charge in [-0.15, -0.1) is 0 Å². The number of piperidine rings is 1. The standard InChI is InChI=1S/C20H23NO/c22-19-13-17-11-12-18(14-19)21(17)20(15-7-3-1-4-8-15)16-9-5-2-6-10-16/h1-10,17-20,22H,11-14H2. The highest BCUT2D eigenvalue weighted by molar-refractivity contribution is 5.33. The van der Waals surface area contributed by atoms with Gasteiger partial charge in [-0.3, -0.25) is 4.90 Å². The van der Waals surface area contributed by atoms with E-state index < -0.39 is 0 Å². The molecular weight excluding hydrogens is 270 g/mol. The molecule has 2 aliphatic heterocycles. The molecule has 2 heterocycles. The SMILES string of the molecule is OC1CC2CCC(C1)N2C(c1ccccc1)c1ccccc1. The van der Waals surface area contributed by atoms with Crippen molar-refractivity contribution < 1.29 is 5.11 Å². The predicted octanol–water partition coefficient (Wildman–Crippen LogP) is 3.76. The third kappa shape index (κ3) is 2.47. The Bertz CT molecular complexity index is 559. The number of hydrogen-bond acceptors (Lipinski definition) is 2. The third-order valence-electron chi connectivity index (χ3n) is 5.29. The van der Waals surface area contributed by atoms with Gasteiger partial charge in [-0.05, 0) is 36.8 Å². The van der Waals surface area contributed by atoms with Crippen molar-refractivity contribution in [2.24, 2.45) is 0 Å². The second-order valence-corrected chi connectivity index (χ2v) is 6.68. The normalized spacial score (nSPS) is 28.2. The molecule has 2 nitrogen and oxygen atoms in total. The molecule has 0 spiro atoms. The summed E-state index contributed by atoms with van der Waals surface area (Å²) < 4.78 is 0. The zero-order chi connectivity index (χ0) is 14.9. The van der Waals surface area contributed by atoms with Gasteiger partial charge in [-0.1, -0.05) is 60.7 Å². The monoisotopic (exact) mass is 293 g/mol. The van der Waals surface area contributed by atoms with Crippen molar-refractivity contribution >= 4 is 0 Å². The van der Waals surface area contributed by atoms with Gasteiger partial charge in [0.05, 0.1) is 12.1 Å². The van der Waals surface area contributed by atoms with Gasteiger partial charge in [0.25, 0.3) is 0 Å². The number of hydrogen-bond donors (Lipinski definition) is 1. The van der Waals surface area contributed by atoms with E-state index in [9.17, 15) is 5.11 Å². The maximum Gasteiger partial charge on any atom is 0.0606 e. The Balaban J connectivity index is 1.76. The minimum absolute atomic E-state index is 0.110. The lowest BCUT2D eigenvalue weighted by Crippen LogP contribution is -2.46. The molecule has 0 aliphatic carbocycles. The lowest BCUT2D eigenvalue weighted by Gasteiger charge is -2.43. The van der Waals surface area contributed by atoms with E-state index in [1.807, 2.05) is 0 Å². The van der Waals surface area contributed by atoms with E-state index in [0.29, 0.717) is 18.1 Å². The fourth-order valence-corrected chi connectivity index (χ4v) is 4.41. The fourth-order valence-electron chi connectivity index (χ4n) is 4.41. The number of rotatable bonds is 3. The Kier molecular flexibility index (Phi) is 3.73. The molecule has 1 N–H and O–H groups in total. The van der Waals surface area contributed by atoms with Crippen LogP contribution in [0.1, 0.15) is 42.9 Å². The maximum absolute atomic E-state index is 10.1. The Morgan fingerprint density at radius 2 is 1.23 bits per heavy atom. The van der Waals surface area contributed by atoms with E-state index >= 15 is 0 Å². The summed E-state index contributed by atoms with van der Waals surface area (Å²) in [6.45, 7) is 0. The molecule has 0 radical (unpaired) electrons. The van der Waals surface area contributed by atoms with Gasteiger partial charge in [-0.25, -0.2) is 0 Å². The Hall–Kier alpha value is -1.64. The molecule has 2 aromatic rings. The largest absolute Gasteiger partial charge is 0.393 e. The lowest BCUT2D eigenvalue weighted by atomic mass is 9.91. The summed E-state index contributed by atoms with van der Waals surface area (Å²) in [6.07, 6.45) is 4.18. The lowest BCUT2D eigenvalue weighted by molar-refractivity contribution is 0.0188. The number of aliphatic hydroxyl groups is 1. The minimum Gasteiger partial charge on any atom is -0.393 e. The second-order valence-electron chi connectivity index (χ2n) is 6.68. The van der Waals surface area contributed by atoms with Crippen LogP contribution in [0.3, 0.4) is 0 Å². The summed E-state index contributed by atoms with van der Waals surface area (Å²) in [4.78, 5) is 2.68. The molecule has 0 aromatic heterocycles. The average Bonchev–Trinajstić information content (AvgIpc) is 2.81. The highest BCUT2D eigenvalue weighted by atomic mass is 16.3. The summed E-state index contributed by atoms with van der Waals surface area (Å²) >= 11 is 0. The average molecular weight is 293 g/mol. The van der Waals surface area contributed by atoms with Crippen LogP contribution in [0.2, 0.25) is 0 Å². The number of benzene rings is 2. The number of aliphatic hydroxyl groups excluding tert-OH is 1. The Morgan fingerprint density at radius 3 is 1.68 bits per heavy atom. The van der Waals surface area contributed by atoms with Crippen LogP contribution < -0.4 is 0 Å². The van der Waals surface area contributed by atoms with E-state index in [1.165, 1.54) is 24.0 Å². The highest BCUT2D eigenvalue weighted by Crippen LogP contribution is 2.43. The topological polar surface area (TPSA) is 23.5 Å². The van der Waals surface area contributed by atoms with Gasteiger partial charge in [0.1, 0.15) is 0 Å². The van der Waals surface area contributed by atoms with Crippen molar-refractivity contribution in [3.8, 4) is 0 Å². The van der Waals surface area contributed by atoms with Crippen LogP contribution in [0.4, 0.5) is 0 Å². The van der Waals surface area contributed by atoms with Crippen molar-refractivity contribution in [1.82, 2.24) is 4.90 Å². The zero-order valence-electron chi connectivity index (χ0n) is 12.8. The van der Waals surface area contributed by atoms with Gasteiger partial charge < -0.3 is 5.11 Å². The van der Waals surface area contributed by atoms with Crippen molar-refractivity contribution in [2.75, 3.05) is 0 Å². The third-order valence-corrected chi connectivity index (χ3v) is 5.29. The first-order valence-corrected chi connectivity index (χ1v) is 8.38. The molecule has 2 unspecified atom stereocenters. The fraction of sp³-hybridized carbons (Fsp3) is 0.400. The van der Waals surface area contributed by atoms with E-state index in [2.05, 4.69) is 65.6 Å². The van der Waals surface area contributed by atoms with Crippen LogP contribution >= 0.6 is 0 Å². The van der Waals surface area contributed by atoms with Gasteiger partial charge in [0.2, 0.25) is 0 Å². The zero-order valence-corrected chi connectivity index (χ0v) is 12.8. The predicted molar refractivity (Wildman–Crippen MR) is 88.6 cm³/mol. The highest BCUT2D eigenvalue weighted by Gasteiger charge is 2.44. The van der Waals surface area contributed by atoms with Crippen molar-refractivity contribution in [3.63, 3.8) is 0 Å². The van der Waals surface area contributed by atoms with Crippen molar-refractivity contribution in [1.29, 1.82) is 0 Å². The molecule has 0 amide bonds. The molecular formula is C20H23NO. The van der Waals surface area contributed by atoms with E-state index in [4.69, 9.17) is 0 Å². The molecule has 22 heavy (non-hydrogen) atoms. The molecule has 114 valence electrons. The van der Waals surface area contributed by atoms with Crippen LogP contribution in [-0.4, -0.2) is 28.2 Å². The molecule has 2 atom stereocenters. The van der Waals surface area contributed by atoms with E-state index in [1.54, 1.807) is 0 Å². The summed E-state index contributed by atoms with van der Waals surface area (Å²) in [7, 11) is 0.